The van der Waals surface area contributed by atoms with Crippen molar-refractivity contribution < 1.29 is 4.79 Å². The molecular formula is C16H30O. The third-order valence-corrected chi connectivity index (χ3v) is 3.29. The number of ketones is 1. The maximum atomic E-state index is 11.0. The van der Waals surface area contributed by atoms with E-state index in [9.17, 15) is 4.79 Å². The van der Waals surface area contributed by atoms with Crippen LogP contribution < -0.4 is 0 Å². The zero-order valence-corrected chi connectivity index (χ0v) is 12.0. The number of unbranched alkanes of at least 4 members (excludes halogenated alkanes) is 8. The van der Waals surface area contributed by atoms with Crippen molar-refractivity contribution in [2.75, 3.05) is 0 Å². The maximum Gasteiger partial charge on any atom is 0.136 e. The lowest BCUT2D eigenvalue weighted by Gasteiger charge is -2.01. The molecule has 0 aromatic carbocycles. The largest absolute Gasteiger partial charge is 0.299 e. The molecule has 1 unspecified atom stereocenters. The number of carbonyl (C=O) groups excluding carboxylic acids is 1. The van der Waals surface area contributed by atoms with Gasteiger partial charge in [-0.1, -0.05) is 70.9 Å². The van der Waals surface area contributed by atoms with Crippen molar-refractivity contribution in [3.8, 4) is 0 Å². The van der Waals surface area contributed by atoms with E-state index in [-0.39, 0.29) is 11.7 Å². The highest BCUT2D eigenvalue weighted by Crippen LogP contribution is 2.10. The second kappa shape index (κ2) is 11.9. The Bertz CT molecular complexity index is 206. The molecule has 0 heterocycles. The van der Waals surface area contributed by atoms with Gasteiger partial charge in [-0.25, -0.2) is 0 Å². The second-order valence-corrected chi connectivity index (χ2v) is 5.09. The van der Waals surface area contributed by atoms with Gasteiger partial charge in [0.15, 0.2) is 0 Å². The van der Waals surface area contributed by atoms with E-state index in [0.29, 0.717) is 0 Å². The topological polar surface area (TPSA) is 17.1 Å². The molecule has 0 aliphatic heterocycles. The minimum atomic E-state index is 0.101. The molecule has 0 amide bonds. The highest BCUT2D eigenvalue weighted by atomic mass is 16.1. The minimum Gasteiger partial charge on any atom is -0.299 e. The van der Waals surface area contributed by atoms with E-state index in [2.05, 4.69) is 13.0 Å². The first-order valence-corrected chi connectivity index (χ1v) is 7.35. The highest BCUT2D eigenvalue weighted by molar-refractivity contribution is 5.79. The molecule has 0 saturated heterocycles. The van der Waals surface area contributed by atoms with Gasteiger partial charge in [-0.2, -0.15) is 0 Å². The SMILES string of the molecule is CCCCCCCCCCC=CC(C)C(C)=O. The molecule has 100 valence electrons. The number of carbonyl (C=O) groups is 1. The third-order valence-electron chi connectivity index (χ3n) is 3.29. The van der Waals surface area contributed by atoms with Crippen LogP contribution in [0.1, 0.15) is 78.6 Å². The standard InChI is InChI=1S/C16H30O/c1-4-5-6-7-8-9-10-11-12-13-14-15(2)16(3)17/h13-15H,4-12H2,1-3H3. The summed E-state index contributed by atoms with van der Waals surface area (Å²) in [6.45, 7) is 5.88. The third kappa shape index (κ3) is 11.7. The van der Waals surface area contributed by atoms with Gasteiger partial charge in [-0.3, -0.25) is 4.79 Å². The van der Waals surface area contributed by atoms with Crippen molar-refractivity contribution in [2.24, 2.45) is 5.92 Å². The van der Waals surface area contributed by atoms with Crippen LogP contribution in [0.25, 0.3) is 0 Å². The lowest BCUT2D eigenvalue weighted by Crippen LogP contribution is -2.01. The van der Waals surface area contributed by atoms with Crippen LogP contribution in [-0.2, 0) is 4.79 Å². The van der Waals surface area contributed by atoms with Gasteiger partial charge < -0.3 is 0 Å². The molecule has 0 N–H and O–H groups in total. The van der Waals surface area contributed by atoms with Gasteiger partial charge in [0.1, 0.15) is 5.78 Å². The van der Waals surface area contributed by atoms with Gasteiger partial charge >= 0.3 is 0 Å². The molecule has 1 heteroatoms. The molecule has 0 fully saturated rings. The van der Waals surface area contributed by atoms with Crippen LogP contribution in [0.4, 0.5) is 0 Å². The van der Waals surface area contributed by atoms with Crippen molar-refractivity contribution in [1.82, 2.24) is 0 Å². The van der Waals surface area contributed by atoms with E-state index in [1.165, 1.54) is 51.4 Å². The van der Waals surface area contributed by atoms with Crippen LogP contribution >= 0.6 is 0 Å². The van der Waals surface area contributed by atoms with E-state index >= 15 is 0 Å². The van der Waals surface area contributed by atoms with Crippen LogP contribution in [0.5, 0.6) is 0 Å². The molecule has 1 nitrogen and oxygen atoms in total. The first-order chi connectivity index (χ1) is 8.18. The Kier molecular flexibility index (Phi) is 11.5. The minimum absolute atomic E-state index is 0.101. The summed E-state index contributed by atoms with van der Waals surface area (Å²) in [6.07, 6.45) is 16.3. The van der Waals surface area contributed by atoms with E-state index in [0.717, 1.165) is 6.42 Å². The van der Waals surface area contributed by atoms with Crippen molar-refractivity contribution in [1.29, 1.82) is 0 Å². The summed E-state index contributed by atoms with van der Waals surface area (Å²) in [7, 11) is 0. The predicted octanol–water partition coefficient (Wildman–Crippen LogP) is 5.30. The normalized spacial score (nSPS) is 13.1. The summed E-state index contributed by atoms with van der Waals surface area (Å²) >= 11 is 0. The smallest absolute Gasteiger partial charge is 0.136 e. The number of Topliss-reactive ketones (excluding diaryl/α,β-unsaturated/α-hetero) is 1. The number of hydrogen-bond acceptors (Lipinski definition) is 1. The summed E-state index contributed by atoms with van der Waals surface area (Å²) in [5, 5.41) is 0. The first kappa shape index (κ1) is 16.4. The van der Waals surface area contributed by atoms with Crippen LogP contribution in [0.15, 0.2) is 12.2 Å². The molecule has 1 atom stereocenters. The fraction of sp³-hybridized carbons (Fsp3) is 0.812. The molecule has 0 aliphatic rings. The Balaban J connectivity index is 3.21. The van der Waals surface area contributed by atoms with Crippen LogP contribution in [-0.4, -0.2) is 5.78 Å². The Morgan fingerprint density at radius 3 is 2.06 bits per heavy atom. The Hall–Kier alpha value is -0.590. The Morgan fingerprint density at radius 1 is 1.00 bits per heavy atom. The summed E-state index contributed by atoms with van der Waals surface area (Å²) < 4.78 is 0. The molecule has 0 bridgehead atoms. The molecule has 0 aromatic rings. The van der Waals surface area contributed by atoms with Gasteiger partial charge in [0, 0.05) is 5.92 Å². The first-order valence-electron chi connectivity index (χ1n) is 7.35. The number of hydrogen-bond donors (Lipinski definition) is 0. The number of allylic oxidation sites excluding steroid dienone is 2. The van der Waals surface area contributed by atoms with Gasteiger partial charge in [0.25, 0.3) is 0 Å². The molecule has 0 aliphatic carbocycles. The predicted molar refractivity (Wildman–Crippen MR) is 76.2 cm³/mol. The molecule has 17 heavy (non-hydrogen) atoms. The summed E-state index contributed by atoms with van der Waals surface area (Å²) in [5.74, 6) is 0.362. The van der Waals surface area contributed by atoms with Crippen LogP contribution in [0.3, 0.4) is 0 Å². The van der Waals surface area contributed by atoms with Crippen molar-refractivity contribution in [2.45, 2.75) is 78.6 Å². The fourth-order valence-corrected chi connectivity index (χ4v) is 1.83. The Labute approximate surface area is 108 Å². The molecule has 0 aromatic heterocycles. The highest BCUT2D eigenvalue weighted by Gasteiger charge is 2.00. The monoisotopic (exact) mass is 238 g/mol. The fourth-order valence-electron chi connectivity index (χ4n) is 1.83. The van der Waals surface area contributed by atoms with Gasteiger partial charge in [-0.05, 0) is 19.8 Å². The van der Waals surface area contributed by atoms with Crippen molar-refractivity contribution >= 4 is 5.78 Å². The zero-order valence-electron chi connectivity index (χ0n) is 12.0. The molecule has 0 spiro atoms. The summed E-state index contributed by atoms with van der Waals surface area (Å²) in [6, 6.07) is 0. The lowest BCUT2D eigenvalue weighted by atomic mass is 10.0. The lowest BCUT2D eigenvalue weighted by molar-refractivity contribution is -0.118. The van der Waals surface area contributed by atoms with Crippen molar-refractivity contribution in [3.05, 3.63) is 12.2 Å². The van der Waals surface area contributed by atoms with Crippen LogP contribution in [0.2, 0.25) is 0 Å². The summed E-state index contributed by atoms with van der Waals surface area (Å²) in [4.78, 5) is 11.0. The number of rotatable bonds is 11. The van der Waals surface area contributed by atoms with E-state index in [4.69, 9.17) is 0 Å². The maximum absolute atomic E-state index is 11.0. The average molecular weight is 238 g/mol. The van der Waals surface area contributed by atoms with Gasteiger partial charge in [-0.15, -0.1) is 0 Å². The van der Waals surface area contributed by atoms with Crippen LogP contribution in [0, 0.1) is 5.92 Å². The van der Waals surface area contributed by atoms with E-state index in [1.807, 2.05) is 13.0 Å². The van der Waals surface area contributed by atoms with Gasteiger partial charge in [0.05, 0.1) is 0 Å². The molecule has 0 saturated carbocycles. The quantitative estimate of drug-likeness (QED) is 0.353. The van der Waals surface area contributed by atoms with Crippen molar-refractivity contribution in [3.63, 3.8) is 0 Å². The molecule has 0 radical (unpaired) electrons. The molecular weight excluding hydrogens is 208 g/mol. The second-order valence-electron chi connectivity index (χ2n) is 5.09. The van der Waals surface area contributed by atoms with Gasteiger partial charge in [0.2, 0.25) is 0 Å². The van der Waals surface area contributed by atoms with E-state index < -0.39 is 0 Å². The Morgan fingerprint density at radius 2 is 1.53 bits per heavy atom. The summed E-state index contributed by atoms with van der Waals surface area (Å²) in [5.41, 5.74) is 0. The molecule has 0 rings (SSSR count). The van der Waals surface area contributed by atoms with E-state index in [1.54, 1.807) is 6.92 Å². The zero-order chi connectivity index (χ0) is 12.9. The average Bonchev–Trinajstić information content (AvgIpc) is 2.31.